The number of aliphatic hydroxyl groups is 1. The highest BCUT2D eigenvalue weighted by atomic mass is 35.5. The number of aliphatic hydroxyl groups excluding tert-OH is 1. The van der Waals surface area contributed by atoms with Crippen molar-refractivity contribution in [1.29, 1.82) is 0 Å². The minimum absolute atomic E-state index is 0.269. The van der Waals surface area contributed by atoms with Crippen molar-refractivity contribution < 1.29 is 9.90 Å². The van der Waals surface area contributed by atoms with E-state index in [1.165, 1.54) is 0 Å². The first-order chi connectivity index (χ1) is 20.9. The molecule has 0 radical (unpaired) electrons. The second-order valence-corrected chi connectivity index (χ2v) is 11.3. The molecule has 0 spiro atoms. The summed E-state index contributed by atoms with van der Waals surface area (Å²) in [6, 6.07) is 19.4. The predicted molar refractivity (Wildman–Crippen MR) is 172 cm³/mol. The van der Waals surface area contributed by atoms with E-state index < -0.39 is 0 Å². The highest BCUT2D eigenvalue weighted by molar-refractivity contribution is 6.36. The first kappa shape index (κ1) is 28.7. The van der Waals surface area contributed by atoms with E-state index in [1.807, 2.05) is 48.8 Å². The molecule has 216 valence electrons. The number of aromatic nitrogens is 3. The molecule has 3 aromatic heterocycles. The van der Waals surface area contributed by atoms with Crippen molar-refractivity contribution in [2.45, 2.75) is 32.4 Å². The molecular formula is C35H32ClN5O2. The fourth-order valence-corrected chi connectivity index (χ4v) is 5.89. The van der Waals surface area contributed by atoms with Crippen LogP contribution in [0.5, 0.6) is 0 Å². The number of fused-ring (bicyclic) bond motifs is 1. The molecule has 2 aromatic carbocycles. The van der Waals surface area contributed by atoms with Crippen LogP contribution < -0.4 is 5.32 Å². The van der Waals surface area contributed by atoms with E-state index in [-0.39, 0.29) is 12.0 Å². The number of β-amino-alcohol motifs (C(OH)–C–C–N with tert-alkyl or cyclic N) is 1. The molecule has 6 rings (SSSR count). The van der Waals surface area contributed by atoms with Crippen molar-refractivity contribution in [3.05, 3.63) is 124 Å². The number of carbonyl (C=O) groups is 1. The van der Waals surface area contributed by atoms with E-state index in [4.69, 9.17) is 11.6 Å². The van der Waals surface area contributed by atoms with Crippen LogP contribution in [0, 0.1) is 6.92 Å². The number of anilines is 1. The van der Waals surface area contributed by atoms with Gasteiger partial charge >= 0.3 is 0 Å². The lowest BCUT2D eigenvalue weighted by Gasteiger charge is -2.16. The van der Waals surface area contributed by atoms with Gasteiger partial charge in [0.15, 0.2) is 0 Å². The van der Waals surface area contributed by atoms with Crippen molar-refractivity contribution in [2.24, 2.45) is 0 Å². The van der Waals surface area contributed by atoms with Gasteiger partial charge < -0.3 is 10.4 Å². The Morgan fingerprint density at radius 1 is 1.09 bits per heavy atom. The predicted octanol–water partition coefficient (Wildman–Crippen LogP) is 6.71. The van der Waals surface area contributed by atoms with Gasteiger partial charge in [0, 0.05) is 55.6 Å². The summed E-state index contributed by atoms with van der Waals surface area (Å²) in [5, 5.41) is 14.2. The summed E-state index contributed by atoms with van der Waals surface area (Å²) < 4.78 is 0. The largest absolute Gasteiger partial charge is 0.392 e. The Labute approximate surface area is 255 Å². The SMILES string of the molecule is C=Cc1cnc2c(Cc3cccc(-c4cccc(NC(=O)c5ccc(CN6CC[C@@H](O)C6)cn5)c4Cl)c3C)nccc2c1. The summed E-state index contributed by atoms with van der Waals surface area (Å²) in [5.74, 6) is -0.332. The lowest BCUT2D eigenvalue weighted by molar-refractivity contribution is 0.102. The van der Waals surface area contributed by atoms with E-state index in [9.17, 15) is 9.90 Å². The molecule has 2 N–H and O–H groups in total. The summed E-state index contributed by atoms with van der Waals surface area (Å²) in [7, 11) is 0. The molecule has 1 aliphatic heterocycles. The number of nitrogens with zero attached hydrogens (tertiary/aromatic N) is 4. The molecule has 0 bridgehead atoms. The molecule has 1 saturated heterocycles. The summed E-state index contributed by atoms with van der Waals surface area (Å²) in [6.45, 7) is 8.13. The highest BCUT2D eigenvalue weighted by Crippen LogP contribution is 2.37. The second kappa shape index (κ2) is 12.4. The summed E-state index contributed by atoms with van der Waals surface area (Å²) in [6.07, 6.45) is 8.26. The number of likely N-dealkylation sites (tertiary alicyclic amines) is 1. The van der Waals surface area contributed by atoms with Crippen LogP contribution in [-0.2, 0) is 13.0 Å². The summed E-state index contributed by atoms with van der Waals surface area (Å²) in [5.41, 5.74) is 8.57. The van der Waals surface area contributed by atoms with E-state index in [0.29, 0.717) is 35.9 Å². The number of carbonyl (C=O) groups excluding carboxylic acids is 1. The van der Waals surface area contributed by atoms with Crippen LogP contribution >= 0.6 is 11.6 Å². The summed E-state index contributed by atoms with van der Waals surface area (Å²) in [4.78, 5) is 29.0. The van der Waals surface area contributed by atoms with Crippen LogP contribution in [0.4, 0.5) is 5.69 Å². The van der Waals surface area contributed by atoms with Crippen LogP contribution in [0.1, 0.15) is 44.9 Å². The number of nitrogens with one attached hydrogen (secondary N) is 1. The minimum Gasteiger partial charge on any atom is -0.392 e. The molecule has 1 fully saturated rings. The lowest BCUT2D eigenvalue weighted by atomic mass is 9.93. The maximum atomic E-state index is 13.1. The maximum absolute atomic E-state index is 13.1. The maximum Gasteiger partial charge on any atom is 0.274 e. The molecule has 4 heterocycles. The van der Waals surface area contributed by atoms with Crippen LogP contribution in [0.15, 0.2) is 85.8 Å². The van der Waals surface area contributed by atoms with E-state index in [2.05, 4.69) is 50.8 Å². The summed E-state index contributed by atoms with van der Waals surface area (Å²) >= 11 is 6.91. The number of rotatable bonds is 8. The standard InChI is InChI=1S/C35H32ClN5O2/c1-3-23-16-26-12-14-37-32(34(26)39-18-23)17-25-6-4-7-28(22(25)2)29-8-5-9-30(33(29)36)40-35(43)31-11-10-24(19-38-31)20-41-15-13-27(42)21-41/h3-12,14,16,18-19,27,42H,1,13,15,17,20-21H2,2H3,(H,40,43)/t27-/m1/s1. The second-order valence-electron chi connectivity index (χ2n) is 10.9. The molecule has 5 aromatic rings. The molecule has 1 aliphatic rings. The van der Waals surface area contributed by atoms with Gasteiger partial charge in [0.05, 0.1) is 28.0 Å². The molecule has 0 saturated carbocycles. The van der Waals surface area contributed by atoms with Gasteiger partial charge in [-0.3, -0.25) is 24.6 Å². The van der Waals surface area contributed by atoms with Crippen LogP contribution in [0.25, 0.3) is 28.1 Å². The van der Waals surface area contributed by atoms with Gasteiger partial charge in [-0.05, 0) is 65.4 Å². The van der Waals surface area contributed by atoms with Crippen molar-refractivity contribution in [3.63, 3.8) is 0 Å². The Bertz CT molecular complexity index is 1820. The third-order valence-corrected chi connectivity index (χ3v) is 8.39. The number of halogens is 1. The first-order valence-electron chi connectivity index (χ1n) is 14.3. The molecule has 7 nitrogen and oxygen atoms in total. The van der Waals surface area contributed by atoms with Crippen LogP contribution in [-0.4, -0.2) is 50.1 Å². The molecular weight excluding hydrogens is 558 g/mol. The van der Waals surface area contributed by atoms with Gasteiger partial charge in [-0.25, -0.2) is 0 Å². The zero-order valence-electron chi connectivity index (χ0n) is 23.9. The van der Waals surface area contributed by atoms with Crippen molar-refractivity contribution in [3.8, 4) is 11.1 Å². The average molecular weight is 590 g/mol. The average Bonchev–Trinajstić information content (AvgIpc) is 3.43. The van der Waals surface area contributed by atoms with Crippen LogP contribution in [0.2, 0.25) is 5.02 Å². The monoisotopic (exact) mass is 589 g/mol. The smallest absolute Gasteiger partial charge is 0.274 e. The third-order valence-electron chi connectivity index (χ3n) is 7.98. The fourth-order valence-electron chi connectivity index (χ4n) is 5.61. The van der Waals surface area contributed by atoms with Crippen molar-refractivity contribution in [2.75, 3.05) is 18.4 Å². The highest BCUT2D eigenvalue weighted by Gasteiger charge is 2.20. The van der Waals surface area contributed by atoms with Gasteiger partial charge in [-0.2, -0.15) is 0 Å². The number of hydrogen-bond acceptors (Lipinski definition) is 6. The molecule has 8 heteroatoms. The molecule has 1 atom stereocenters. The van der Waals surface area contributed by atoms with Gasteiger partial charge in [-0.1, -0.05) is 60.7 Å². The van der Waals surface area contributed by atoms with Gasteiger partial charge in [0.1, 0.15) is 5.69 Å². The Kier molecular flexibility index (Phi) is 8.29. The van der Waals surface area contributed by atoms with Gasteiger partial charge in [-0.15, -0.1) is 0 Å². The topological polar surface area (TPSA) is 91.2 Å². The number of benzene rings is 2. The molecule has 1 amide bonds. The Hall–Kier alpha value is -4.43. The zero-order valence-corrected chi connectivity index (χ0v) is 24.7. The Morgan fingerprint density at radius 2 is 1.93 bits per heavy atom. The quantitative estimate of drug-likeness (QED) is 0.209. The van der Waals surface area contributed by atoms with Gasteiger partial charge in [0.2, 0.25) is 0 Å². The number of hydrogen-bond donors (Lipinski definition) is 2. The zero-order chi connectivity index (χ0) is 29.9. The van der Waals surface area contributed by atoms with E-state index in [1.54, 1.807) is 24.4 Å². The van der Waals surface area contributed by atoms with E-state index in [0.717, 1.165) is 62.9 Å². The first-order valence-corrected chi connectivity index (χ1v) is 14.7. The Morgan fingerprint density at radius 3 is 2.70 bits per heavy atom. The third kappa shape index (κ3) is 6.20. The fraction of sp³-hybridized carbons (Fsp3) is 0.200. The molecule has 0 unspecified atom stereocenters. The van der Waals surface area contributed by atoms with Crippen molar-refractivity contribution in [1.82, 2.24) is 19.9 Å². The van der Waals surface area contributed by atoms with Gasteiger partial charge in [0.25, 0.3) is 5.91 Å². The number of pyridine rings is 3. The normalized spacial score (nSPS) is 15.1. The molecule has 0 aliphatic carbocycles. The minimum atomic E-state index is -0.332. The Balaban J connectivity index is 1.21. The molecule has 43 heavy (non-hydrogen) atoms. The van der Waals surface area contributed by atoms with Crippen molar-refractivity contribution >= 4 is 40.2 Å². The van der Waals surface area contributed by atoms with E-state index >= 15 is 0 Å². The number of amides is 1. The van der Waals surface area contributed by atoms with Crippen LogP contribution in [0.3, 0.4) is 0 Å². The lowest BCUT2D eigenvalue weighted by Crippen LogP contribution is -2.21.